The minimum atomic E-state index is -0.0460. The van der Waals surface area contributed by atoms with Crippen LogP contribution in [-0.4, -0.2) is 49.4 Å². The molecular formula is C18H27ClN4O2. The predicted octanol–water partition coefficient (Wildman–Crippen LogP) is 1.84. The van der Waals surface area contributed by atoms with Crippen molar-refractivity contribution < 1.29 is 9.59 Å². The fraction of sp³-hybridized carbons (Fsp3) is 0.556. The average molecular weight is 367 g/mol. The maximum atomic E-state index is 12.4. The number of carbonyl (C=O) groups is 2. The van der Waals surface area contributed by atoms with Crippen molar-refractivity contribution in [3.8, 4) is 0 Å². The van der Waals surface area contributed by atoms with Crippen LogP contribution in [-0.2, 0) is 9.59 Å². The van der Waals surface area contributed by atoms with Crippen LogP contribution in [0.5, 0.6) is 0 Å². The standard InChI is InChI=1S/C18H26N4O2.ClH/c1-18(12-19)8-10-21(13-18)11-16(23)20-14-5-2-3-6-15(14)22-9-4-7-17(22)24;/h2-3,5-6H,4,7-13,19H2,1H3,(H,20,23);1H. The van der Waals surface area contributed by atoms with Gasteiger partial charge in [0, 0.05) is 19.5 Å². The molecule has 0 aliphatic carbocycles. The molecular weight excluding hydrogens is 340 g/mol. The number of anilines is 2. The molecule has 1 aromatic rings. The van der Waals surface area contributed by atoms with Gasteiger partial charge in [0.05, 0.1) is 17.9 Å². The van der Waals surface area contributed by atoms with Crippen molar-refractivity contribution >= 4 is 35.6 Å². The van der Waals surface area contributed by atoms with Gasteiger partial charge in [-0.05, 0) is 43.5 Å². The summed E-state index contributed by atoms with van der Waals surface area (Å²) < 4.78 is 0. The lowest BCUT2D eigenvalue weighted by Crippen LogP contribution is -2.35. The fourth-order valence-electron chi connectivity index (χ4n) is 3.54. The molecule has 1 aromatic carbocycles. The van der Waals surface area contributed by atoms with Crippen LogP contribution >= 0.6 is 12.4 Å². The van der Waals surface area contributed by atoms with E-state index in [-0.39, 0.29) is 29.6 Å². The van der Waals surface area contributed by atoms with Crippen LogP contribution in [0.15, 0.2) is 24.3 Å². The maximum absolute atomic E-state index is 12.4. The number of para-hydroxylation sites is 2. The van der Waals surface area contributed by atoms with Gasteiger partial charge in [-0.1, -0.05) is 19.1 Å². The molecule has 0 bridgehead atoms. The Morgan fingerprint density at radius 3 is 2.72 bits per heavy atom. The summed E-state index contributed by atoms with van der Waals surface area (Å²) in [6.07, 6.45) is 2.47. The summed E-state index contributed by atoms with van der Waals surface area (Å²) in [5, 5.41) is 2.97. The van der Waals surface area contributed by atoms with E-state index in [1.54, 1.807) is 4.90 Å². The first kappa shape index (κ1) is 19.7. The number of likely N-dealkylation sites (tertiary alicyclic amines) is 1. The molecule has 0 spiro atoms. The van der Waals surface area contributed by atoms with Crippen molar-refractivity contribution in [2.24, 2.45) is 11.1 Å². The first-order valence-electron chi connectivity index (χ1n) is 8.62. The maximum Gasteiger partial charge on any atom is 0.238 e. The van der Waals surface area contributed by atoms with Crippen molar-refractivity contribution in [1.82, 2.24) is 4.90 Å². The van der Waals surface area contributed by atoms with Crippen LogP contribution in [0.1, 0.15) is 26.2 Å². The van der Waals surface area contributed by atoms with Crippen LogP contribution in [0, 0.1) is 5.41 Å². The van der Waals surface area contributed by atoms with Crippen molar-refractivity contribution in [1.29, 1.82) is 0 Å². The molecule has 0 radical (unpaired) electrons. The largest absolute Gasteiger partial charge is 0.330 e. The van der Waals surface area contributed by atoms with Gasteiger partial charge in [0.15, 0.2) is 0 Å². The molecule has 6 nitrogen and oxygen atoms in total. The lowest BCUT2D eigenvalue weighted by molar-refractivity contribution is -0.118. The van der Waals surface area contributed by atoms with E-state index < -0.39 is 0 Å². The highest BCUT2D eigenvalue weighted by atomic mass is 35.5. The number of carbonyl (C=O) groups excluding carboxylic acids is 2. The number of hydrogen-bond donors (Lipinski definition) is 2. The molecule has 3 rings (SSSR count). The third kappa shape index (κ3) is 4.51. The third-order valence-electron chi connectivity index (χ3n) is 5.04. The van der Waals surface area contributed by atoms with Gasteiger partial charge >= 0.3 is 0 Å². The Morgan fingerprint density at radius 2 is 2.08 bits per heavy atom. The van der Waals surface area contributed by atoms with E-state index in [1.165, 1.54) is 0 Å². The SMILES string of the molecule is CC1(CN)CCN(CC(=O)Nc2ccccc2N2CCCC2=O)C1.Cl. The first-order valence-corrected chi connectivity index (χ1v) is 8.62. The van der Waals surface area contributed by atoms with Crippen molar-refractivity contribution in [2.75, 3.05) is 42.9 Å². The lowest BCUT2D eigenvalue weighted by Gasteiger charge is -2.23. The lowest BCUT2D eigenvalue weighted by atomic mass is 9.90. The molecule has 7 heteroatoms. The molecule has 2 amide bonds. The number of nitrogens with one attached hydrogen (secondary N) is 1. The average Bonchev–Trinajstić information content (AvgIpc) is 3.14. The van der Waals surface area contributed by atoms with Gasteiger partial charge in [-0.15, -0.1) is 12.4 Å². The van der Waals surface area contributed by atoms with E-state index >= 15 is 0 Å². The molecule has 1 atom stereocenters. The number of rotatable bonds is 5. The Balaban J connectivity index is 0.00000225. The second-order valence-electron chi connectivity index (χ2n) is 7.19. The van der Waals surface area contributed by atoms with Gasteiger partial charge in [0.1, 0.15) is 0 Å². The topological polar surface area (TPSA) is 78.7 Å². The molecule has 138 valence electrons. The van der Waals surface area contributed by atoms with Crippen molar-refractivity contribution in [3.63, 3.8) is 0 Å². The van der Waals surface area contributed by atoms with Crippen molar-refractivity contribution in [2.45, 2.75) is 26.2 Å². The number of benzene rings is 1. The second-order valence-corrected chi connectivity index (χ2v) is 7.19. The zero-order valence-electron chi connectivity index (χ0n) is 14.7. The molecule has 2 aliphatic heterocycles. The van der Waals surface area contributed by atoms with E-state index in [0.29, 0.717) is 31.7 Å². The van der Waals surface area contributed by atoms with Gasteiger partial charge in [-0.3, -0.25) is 14.5 Å². The Hall–Kier alpha value is -1.63. The Bertz CT molecular complexity index is 639. The first-order chi connectivity index (χ1) is 11.5. The predicted molar refractivity (Wildman–Crippen MR) is 102 cm³/mol. The summed E-state index contributed by atoms with van der Waals surface area (Å²) in [6, 6.07) is 7.51. The third-order valence-corrected chi connectivity index (χ3v) is 5.04. The number of halogens is 1. The van der Waals surface area contributed by atoms with Crippen LogP contribution in [0.3, 0.4) is 0 Å². The van der Waals surface area contributed by atoms with E-state index in [0.717, 1.165) is 31.6 Å². The highest BCUT2D eigenvalue weighted by Crippen LogP contribution is 2.30. The Labute approximate surface area is 155 Å². The van der Waals surface area contributed by atoms with Crippen molar-refractivity contribution in [3.05, 3.63) is 24.3 Å². The van der Waals surface area contributed by atoms with Gasteiger partial charge in [0.2, 0.25) is 11.8 Å². The molecule has 2 saturated heterocycles. The number of nitrogens with zero attached hydrogens (tertiary/aromatic N) is 2. The summed E-state index contributed by atoms with van der Waals surface area (Å²) in [4.78, 5) is 28.3. The second kappa shape index (κ2) is 8.17. The molecule has 2 fully saturated rings. The van der Waals surface area contributed by atoms with E-state index in [2.05, 4.69) is 17.1 Å². The Kier molecular flexibility index (Phi) is 6.43. The quantitative estimate of drug-likeness (QED) is 0.833. The summed E-state index contributed by atoms with van der Waals surface area (Å²) >= 11 is 0. The zero-order valence-corrected chi connectivity index (χ0v) is 15.5. The molecule has 0 saturated carbocycles. The molecule has 2 heterocycles. The molecule has 1 unspecified atom stereocenters. The molecule has 25 heavy (non-hydrogen) atoms. The number of hydrogen-bond acceptors (Lipinski definition) is 4. The van der Waals surface area contributed by atoms with E-state index in [1.807, 2.05) is 24.3 Å². The van der Waals surface area contributed by atoms with Gasteiger partial charge in [-0.2, -0.15) is 0 Å². The van der Waals surface area contributed by atoms with Crippen LogP contribution < -0.4 is 16.0 Å². The van der Waals surface area contributed by atoms with Crippen LogP contribution in [0.25, 0.3) is 0 Å². The van der Waals surface area contributed by atoms with Crippen LogP contribution in [0.2, 0.25) is 0 Å². The molecule has 2 aliphatic rings. The van der Waals surface area contributed by atoms with Crippen LogP contribution in [0.4, 0.5) is 11.4 Å². The monoisotopic (exact) mass is 366 g/mol. The minimum absolute atomic E-state index is 0. The Morgan fingerprint density at radius 1 is 1.32 bits per heavy atom. The molecule has 3 N–H and O–H groups in total. The fourth-order valence-corrected chi connectivity index (χ4v) is 3.54. The summed E-state index contributed by atoms with van der Waals surface area (Å²) in [5.41, 5.74) is 7.43. The minimum Gasteiger partial charge on any atom is -0.330 e. The smallest absolute Gasteiger partial charge is 0.238 e. The summed E-state index contributed by atoms with van der Waals surface area (Å²) in [7, 11) is 0. The highest BCUT2D eigenvalue weighted by molar-refractivity contribution is 6.02. The highest BCUT2D eigenvalue weighted by Gasteiger charge is 2.33. The number of amides is 2. The summed E-state index contributed by atoms with van der Waals surface area (Å²) in [6.45, 7) is 5.63. The van der Waals surface area contributed by atoms with E-state index in [9.17, 15) is 9.59 Å². The number of nitrogens with two attached hydrogens (primary N) is 1. The van der Waals surface area contributed by atoms with Gasteiger partial charge < -0.3 is 16.0 Å². The van der Waals surface area contributed by atoms with Gasteiger partial charge in [0.25, 0.3) is 0 Å². The normalized spacial score (nSPS) is 23.6. The summed E-state index contributed by atoms with van der Waals surface area (Å²) in [5.74, 6) is 0.0744. The molecule has 0 aromatic heterocycles. The zero-order chi connectivity index (χ0) is 17.2. The van der Waals surface area contributed by atoms with E-state index in [4.69, 9.17) is 5.73 Å². The van der Waals surface area contributed by atoms with Gasteiger partial charge in [-0.25, -0.2) is 0 Å².